The monoisotopic (exact) mass is 258 g/mol. The van der Waals surface area contributed by atoms with Gasteiger partial charge in [-0.25, -0.2) is 4.98 Å². The number of nitrogens with one attached hydrogen (secondary N) is 1. The van der Waals surface area contributed by atoms with Crippen LogP contribution in [0.15, 0.2) is 12.3 Å². The van der Waals surface area contributed by atoms with Gasteiger partial charge < -0.3 is 5.32 Å². The van der Waals surface area contributed by atoms with Crippen LogP contribution in [0.1, 0.15) is 30.1 Å². The lowest BCUT2D eigenvalue weighted by molar-refractivity contribution is 0.0946. The molecule has 0 unspecified atom stereocenters. The molecule has 1 fully saturated rings. The second kappa shape index (κ2) is 4.22. The molecule has 16 heavy (non-hydrogen) atoms. The molecule has 1 amide bonds. The maximum absolute atomic E-state index is 11.7. The molecule has 0 aromatic carbocycles. The second-order valence-corrected chi connectivity index (χ2v) is 5.26. The Kier molecular flexibility index (Phi) is 3.08. The smallest absolute Gasteiger partial charge is 0.252 e. The SMILES string of the molecule is CC1(CNC(=O)c2cnc(Cl)c(Cl)c2)CC1. The van der Waals surface area contributed by atoms with Gasteiger partial charge in [0.05, 0.1) is 10.6 Å². The summed E-state index contributed by atoms with van der Waals surface area (Å²) < 4.78 is 0. The van der Waals surface area contributed by atoms with Gasteiger partial charge in [-0.1, -0.05) is 30.1 Å². The summed E-state index contributed by atoms with van der Waals surface area (Å²) in [6, 6.07) is 1.53. The first-order chi connectivity index (χ1) is 7.50. The molecule has 1 aromatic rings. The van der Waals surface area contributed by atoms with Gasteiger partial charge in [0.1, 0.15) is 5.15 Å². The molecular formula is C11H12Cl2N2O. The number of rotatable bonds is 3. The van der Waals surface area contributed by atoms with Crippen molar-refractivity contribution in [1.82, 2.24) is 10.3 Å². The number of aromatic nitrogens is 1. The fourth-order valence-corrected chi connectivity index (χ4v) is 1.60. The van der Waals surface area contributed by atoms with Gasteiger partial charge in [-0.05, 0) is 24.3 Å². The van der Waals surface area contributed by atoms with Crippen molar-refractivity contribution in [3.63, 3.8) is 0 Å². The highest BCUT2D eigenvalue weighted by atomic mass is 35.5. The molecule has 1 aliphatic carbocycles. The molecule has 0 saturated heterocycles. The Morgan fingerprint density at radius 3 is 2.81 bits per heavy atom. The standard InChI is InChI=1S/C11H12Cl2N2O/c1-11(2-3-11)6-15-10(16)7-4-8(12)9(13)14-5-7/h4-5H,2-3,6H2,1H3,(H,15,16). The van der Waals surface area contributed by atoms with E-state index in [1.165, 1.54) is 25.1 Å². The van der Waals surface area contributed by atoms with Crippen molar-refractivity contribution < 1.29 is 4.79 Å². The molecule has 3 nitrogen and oxygen atoms in total. The molecule has 1 heterocycles. The summed E-state index contributed by atoms with van der Waals surface area (Å²) in [7, 11) is 0. The van der Waals surface area contributed by atoms with Crippen molar-refractivity contribution >= 4 is 29.1 Å². The zero-order chi connectivity index (χ0) is 11.8. The normalized spacial score (nSPS) is 16.9. The highest BCUT2D eigenvalue weighted by Gasteiger charge is 2.37. The topological polar surface area (TPSA) is 42.0 Å². The van der Waals surface area contributed by atoms with Gasteiger partial charge in [-0.3, -0.25) is 4.79 Å². The fraction of sp³-hybridized carbons (Fsp3) is 0.455. The van der Waals surface area contributed by atoms with E-state index in [1.54, 1.807) is 0 Å². The quantitative estimate of drug-likeness (QED) is 0.848. The van der Waals surface area contributed by atoms with Crippen LogP contribution >= 0.6 is 23.2 Å². The maximum Gasteiger partial charge on any atom is 0.252 e. The second-order valence-electron chi connectivity index (χ2n) is 4.49. The van der Waals surface area contributed by atoms with Crippen LogP contribution in [0.4, 0.5) is 0 Å². The van der Waals surface area contributed by atoms with Crippen LogP contribution < -0.4 is 5.32 Å². The fourth-order valence-electron chi connectivity index (χ4n) is 1.33. The molecule has 5 heteroatoms. The summed E-state index contributed by atoms with van der Waals surface area (Å²) in [6.45, 7) is 2.85. The van der Waals surface area contributed by atoms with Crippen molar-refractivity contribution in [2.24, 2.45) is 5.41 Å². The predicted octanol–water partition coefficient (Wildman–Crippen LogP) is 2.92. The van der Waals surface area contributed by atoms with E-state index in [2.05, 4.69) is 17.2 Å². The number of carbonyl (C=O) groups is 1. The van der Waals surface area contributed by atoms with Crippen molar-refractivity contribution in [1.29, 1.82) is 0 Å². The minimum atomic E-state index is -0.154. The number of halogens is 2. The predicted molar refractivity (Wildman–Crippen MR) is 63.9 cm³/mol. The van der Waals surface area contributed by atoms with E-state index in [0.29, 0.717) is 22.5 Å². The first kappa shape index (κ1) is 11.7. The zero-order valence-corrected chi connectivity index (χ0v) is 10.4. The van der Waals surface area contributed by atoms with Gasteiger partial charge in [0, 0.05) is 12.7 Å². The molecule has 1 aromatic heterocycles. The van der Waals surface area contributed by atoms with E-state index < -0.39 is 0 Å². The first-order valence-corrected chi connectivity index (χ1v) is 5.85. The van der Waals surface area contributed by atoms with Gasteiger partial charge in [0.25, 0.3) is 5.91 Å². The van der Waals surface area contributed by atoms with E-state index in [1.807, 2.05) is 0 Å². The average molecular weight is 259 g/mol. The lowest BCUT2D eigenvalue weighted by Crippen LogP contribution is -2.29. The molecule has 0 radical (unpaired) electrons. The Balaban J connectivity index is 2.00. The largest absolute Gasteiger partial charge is 0.351 e. The summed E-state index contributed by atoms with van der Waals surface area (Å²) in [5.74, 6) is -0.154. The van der Waals surface area contributed by atoms with E-state index in [9.17, 15) is 4.79 Å². The van der Waals surface area contributed by atoms with Crippen LogP contribution in [-0.2, 0) is 0 Å². The summed E-state index contributed by atoms with van der Waals surface area (Å²) in [5.41, 5.74) is 0.734. The molecule has 2 rings (SSSR count). The van der Waals surface area contributed by atoms with Gasteiger partial charge in [0.2, 0.25) is 0 Å². The first-order valence-electron chi connectivity index (χ1n) is 5.09. The van der Waals surface area contributed by atoms with Crippen LogP contribution in [-0.4, -0.2) is 17.4 Å². The van der Waals surface area contributed by atoms with Crippen molar-refractivity contribution in [3.8, 4) is 0 Å². The molecule has 1 N–H and O–H groups in total. The molecule has 0 aliphatic heterocycles. The van der Waals surface area contributed by atoms with Crippen molar-refractivity contribution in [2.45, 2.75) is 19.8 Å². The molecule has 0 spiro atoms. The van der Waals surface area contributed by atoms with E-state index >= 15 is 0 Å². The summed E-state index contributed by atoms with van der Waals surface area (Å²) in [5, 5.41) is 3.38. The number of nitrogens with zero attached hydrogens (tertiary/aromatic N) is 1. The highest BCUT2D eigenvalue weighted by molar-refractivity contribution is 6.41. The van der Waals surface area contributed by atoms with Crippen LogP contribution in [0.3, 0.4) is 0 Å². The van der Waals surface area contributed by atoms with E-state index in [4.69, 9.17) is 23.2 Å². The van der Waals surface area contributed by atoms with E-state index in [0.717, 1.165) is 0 Å². The van der Waals surface area contributed by atoms with Crippen molar-refractivity contribution in [3.05, 3.63) is 28.0 Å². The summed E-state index contributed by atoms with van der Waals surface area (Å²) in [4.78, 5) is 15.6. The Labute approximate surface area is 104 Å². The average Bonchev–Trinajstić information content (AvgIpc) is 2.98. The molecule has 1 saturated carbocycles. The third kappa shape index (κ3) is 2.66. The molecule has 1 aliphatic rings. The molecule has 86 valence electrons. The lowest BCUT2D eigenvalue weighted by atomic mass is 10.1. The van der Waals surface area contributed by atoms with Gasteiger partial charge in [0.15, 0.2) is 0 Å². The Morgan fingerprint density at radius 1 is 1.56 bits per heavy atom. The maximum atomic E-state index is 11.7. The number of hydrogen-bond donors (Lipinski definition) is 1. The zero-order valence-electron chi connectivity index (χ0n) is 8.89. The molecule has 0 atom stereocenters. The van der Waals surface area contributed by atoms with Gasteiger partial charge in [-0.15, -0.1) is 0 Å². The van der Waals surface area contributed by atoms with Crippen molar-refractivity contribution in [2.75, 3.05) is 6.54 Å². The number of hydrogen-bond acceptors (Lipinski definition) is 2. The third-order valence-electron chi connectivity index (χ3n) is 2.84. The Bertz CT molecular complexity index is 430. The number of pyridine rings is 1. The summed E-state index contributed by atoms with van der Waals surface area (Å²) >= 11 is 11.5. The number of carbonyl (C=O) groups excluding carboxylic acids is 1. The lowest BCUT2D eigenvalue weighted by Gasteiger charge is -2.10. The van der Waals surface area contributed by atoms with E-state index in [-0.39, 0.29) is 11.1 Å². The highest BCUT2D eigenvalue weighted by Crippen LogP contribution is 2.44. The van der Waals surface area contributed by atoms with Crippen LogP contribution in [0.2, 0.25) is 10.2 Å². The minimum absolute atomic E-state index is 0.154. The van der Waals surface area contributed by atoms with Gasteiger partial charge >= 0.3 is 0 Å². The molecule has 0 bridgehead atoms. The van der Waals surface area contributed by atoms with Crippen LogP contribution in [0.5, 0.6) is 0 Å². The van der Waals surface area contributed by atoms with Crippen LogP contribution in [0.25, 0.3) is 0 Å². The Morgan fingerprint density at radius 2 is 2.25 bits per heavy atom. The Hall–Kier alpha value is -0.800. The van der Waals surface area contributed by atoms with Crippen LogP contribution in [0, 0.1) is 5.41 Å². The molecular weight excluding hydrogens is 247 g/mol. The number of amides is 1. The minimum Gasteiger partial charge on any atom is -0.351 e. The third-order valence-corrected chi connectivity index (χ3v) is 3.52. The van der Waals surface area contributed by atoms with Gasteiger partial charge in [-0.2, -0.15) is 0 Å². The summed E-state index contributed by atoms with van der Waals surface area (Å²) in [6.07, 6.45) is 3.78.